The van der Waals surface area contributed by atoms with E-state index in [1.807, 2.05) is 11.6 Å². The summed E-state index contributed by atoms with van der Waals surface area (Å²) in [4.78, 5) is 4.26. The van der Waals surface area contributed by atoms with Gasteiger partial charge in [-0.3, -0.25) is 0 Å². The van der Waals surface area contributed by atoms with Crippen LogP contribution in [0.2, 0.25) is 0 Å². The van der Waals surface area contributed by atoms with E-state index in [0.29, 0.717) is 12.6 Å². The molecule has 1 unspecified atom stereocenters. The Bertz CT molecular complexity index is 198. The molecule has 0 aromatic carbocycles. The Morgan fingerprint density at radius 2 is 2.58 bits per heavy atom. The van der Waals surface area contributed by atoms with E-state index in [1.54, 1.807) is 11.3 Å². The van der Waals surface area contributed by atoms with Gasteiger partial charge in [-0.25, -0.2) is 4.98 Å². The first-order chi connectivity index (χ1) is 5.88. The predicted octanol–water partition coefficient (Wildman–Crippen LogP) is 1.14. The fourth-order valence-electron chi connectivity index (χ4n) is 1.07. The van der Waals surface area contributed by atoms with Crippen LogP contribution in [0.15, 0.2) is 11.6 Å². The van der Waals surface area contributed by atoms with Crippen molar-refractivity contribution >= 4 is 11.3 Å². The first-order valence-corrected chi connectivity index (χ1v) is 5.09. The number of nitrogens with one attached hydrogen (secondary N) is 1. The van der Waals surface area contributed by atoms with Crippen molar-refractivity contribution in [2.24, 2.45) is 5.73 Å². The Hall–Kier alpha value is -0.450. The Balaban J connectivity index is 2.45. The summed E-state index contributed by atoms with van der Waals surface area (Å²) in [7, 11) is 0. The fraction of sp³-hybridized carbons (Fsp3) is 0.625. The van der Waals surface area contributed by atoms with Gasteiger partial charge in [-0.05, 0) is 6.42 Å². The quantitative estimate of drug-likeness (QED) is 0.723. The molecule has 1 aromatic rings. The van der Waals surface area contributed by atoms with Crippen molar-refractivity contribution in [1.82, 2.24) is 10.3 Å². The molecule has 0 spiro atoms. The van der Waals surface area contributed by atoms with Crippen molar-refractivity contribution < 1.29 is 0 Å². The lowest BCUT2D eigenvalue weighted by atomic mass is 10.2. The summed E-state index contributed by atoms with van der Waals surface area (Å²) in [5.41, 5.74) is 5.41. The van der Waals surface area contributed by atoms with Crippen molar-refractivity contribution in [2.45, 2.75) is 19.4 Å². The number of hydrogen-bond acceptors (Lipinski definition) is 4. The van der Waals surface area contributed by atoms with E-state index in [0.717, 1.165) is 18.0 Å². The third-order valence-electron chi connectivity index (χ3n) is 1.69. The molecule has 12 heavy (non-hydrogen) atoms. The molecular formula is C8H15N3S. The van der Waals surface area contributed by atoms with Gasteiger partial charge in [-0.15, -0.1) is 11.3 Å². The number of nitrogens with zero attached hydrogens (tertiary/aromatic N) is 1. The van der Waals surface area contributed by atoms with E-state index in [4.69, 9.17) is 5.73 Å². The molecule has 0 saturated heterocycles. The van der Waals surface area contributed by atoms with Gasteiger partial charge >= 0.3 is 0 Å². The van der Waals surface area contributed by atoms with E-state index in [2.05, 4.69) is 17.2 Å². The molecule has 1 rings (SSSR count). The van der Waals surface area contributed by atoms with Gasteiger partial charge in [0.25, 0.3) is 0 Å². The van der Waals surface area contributed by atoms with E-state index in [1.165, 1.54) is 0 Å². The summed E-state index contributed by atoms with van der Waals surface area (Å²) in [6.45, 7) is 3.69. The topological polar surface area (TPSA) is 50.9 Å². The van der Waals surface area contributed by atoms with Crippen molar-refractivity contribution in [3.8, 4) is 0 Å². The molecule has 1 atom stereocenters. The second-order valence-electron chi connectivity index (χ2n) is 2.57. The highest BCUT2D eigenvalue weighted by atomic mass is 32.1. The second kappa shape index (κ2) is 5.24. The molecule has 0 fully saturated rings. The van der Waals surface area contributed by atoms with Crippen LogP contribution in [-0.4, -0.2) is 18.1 Å². The summed E-state index contributed by atoms with van der Waals surface area (Å²) in [5.74, 6) is 0. The fourth-order valence-corrected chi connectivity index (χ4v) is 1.87. The Kier molecular flexibility index (Phi) is 4.21. The molecule has 0 saturated carbocycles. The molecule has 0 aliphatic heterocycles. The van der Waals surface area contributed by atoms with Gasteiger partial charge in [-0.1, -0.05) is 6.92 Å². The SMILES string of the molecule is CCC(NCCN)c1nccs1. The molecule has 3 nitrogen and oxygen atoms in total. The molecule has 1 heterocycles. The lowest BCUT2D eigenvalue weighted by Crippen LogP contribution is -2.26. The maximum absolute atomic E-state index is 5.41. The molecule has 0 aliphatic carbocycles. The third-order valence-corrected chi connectivity index (χ3v) is 2.58. The maximum Gasteiger partial charge on any atom is 0.109 e. The molecule has 1 aromatic heterocycles. The van der Waals surface area contributed by atoms with Crippen LogP contribution in [0.3, 0.4) is 0 Å². The zero-order valence-corrected chi connectivity index (χ0v) is 8.10. The Labute approximate surface area is 77.0 Å². The smallest absolute Gasteiger partial charge is 0.109 e. The highest BCUT2D eigenvalue weighted by Gasteiger charge is 2.09. The highest BCUT2D eigenvalue weighted by Crippen LogP contribution is 2.17. The predicted molar refractivity (Wildman–Crippen MR) is 52.2 cm³/mol. The zero-order valence-electron chi connectivity index (χ0n) is 7.29. The Morgan fingerprint density at radius 1 is 1.75 bits per heavy atom. The highest BCUT2D eigenvalue weighted by molar-refractivity contribution is 7.09. The monoisotopic (exact) mass is 185 g/mol. The summed E-state index contributed by atoms with van der Waals surface area (Å²) >= 11 is 1.69. The number of nitrogens with two attached hydrogens (primary N) is 1. The van der Waals surface area contributed by atoms with Crippen molar-refractivity contribution in [2.75, 3.05) is 13.1 Å². The maximum atomic E-state index is 5.41. The van der Waals surface area contributed by atoms with Gasteiger partial charge in [-0.2, -0.15) is 0 Å². The molecular weight excluding hydrogens is 170 g/mol. The minimum atomic E-state index is 0.383. The van der Waals surface area contributed by atoms with Crippen LogP contribution in [-0.2, 0) is 0 Å². The van der Waals surface area contributed by atoms with E-state index in [-0.39, 0.29) is 0 Å². The average Bonchev–Trinajstić information content (AvgIpc) is 2.59. The van der Waals surface area contributed by atoms with Gasteiger partial charge in [0, 0.05) is 24.7 Å². The van der Waals surface area contributed by atoms with Crippen LogP contribution in [0.5, 0.6) is 0 Å². The standard InChI is InChI=1S/C8H15N3S/c1-2-7(10-4-3-9)8-11-5-6-12-8/h5-7,10H,2-4,9H2,1H3. The van der Waals surface area contributed by atoms with Gasteiger partial charge in [0.2, 0.25) is 0 Å². The summed E-state index contributed by atoms with van der Waals surface area (Å²) in [6, 6.07) is 0.383. The first kappa shape index (κ1) is 9.64. The minimum Gasteiger partial charge on any atom is -0.329 e. The normalized spacial score (nSPS) is 13.2. The molecule has 68 valence electrons. The van der Waals surface area contributed by atoms with E-state index in [9.17, 15) is 0 Å². The summed E-state index contributed by atoms with van der Waals surface area (Å²) < 4.78 is 0. The largest absolute Gasteiger partial charge is 0.329 e. The summed E-state index contributed by atoms with van der Waals surface area (Å²) in [6.07, 6.45) is 2.90. The number of rotatable bonds is 5. The lowest BCUT2D eigenvalue weighted by molar-refractivity contribution is 0.524. The van der Waals surface area contributed by atoms with Crippen LogP contribution in [0.1, 0.15) is 24.4 Å². The minimum absolute atomic E-state index is 0.383. The summed E-state index contributed by atoms with van der Waals surface area (Å²) in [5, 5.41) is 6.50. The van der Waals surface area contributed by atoms with E-state index >= 15 is 0 Å². The van der Waals surface area contributed by atoms with Crippen molar-refractivity contribution in [3.63, 3.8) is 0 Å². The Morgan fingerprint density at radius 3 is 3.08 bits per heavy atom. The molecule has 0 bridgehead atoms. The third kappa shape index (κ3) is 2.55. The first-order valence-electron chi connectivity index (χ1n) is 4.21. The second-order valence-corrected chi connectivity index (χ2v) is 3.50. The van der Waals surface area contributed by atoms with Gasteiger partial charge in [0.1, 0.15) is 5.01 Å². The van der Waals surface area contributed by atoms with Gasteiger partial charge in [0.15, 0.2) is 0 Å². The van der Waals surface area contributed by atoms with Gasteiger partial charge < -0.3 is 11.1 Å². The molecule has 0 amide bonds. The van der Waals surface area contributed by atoms with Crippen LogP contribution >= 0.6 is 11.3 Å². The average molecular weight is 185 g/mol. The molecule has 3 N–H and O–H groups in total. The van der Waals surface area contributed by atoms with Crippen molar-refractivity contribution in [1.29, 1.82) is 0 Å². The number of thiazole rings is 1. The van der Waals surface area contributed by atoms with Crippen LogP contribution in [0.4, 0.5) is 0 Å². The molecule has 0 aliphatic rings. The lowest BCUT2D eigenvalue weighted by Gasteiger charge is -2.12. The van der Waals surface area contributed by atoms with Crippen molar-refractivity contribution in [3.05, 3.63) is 16.6 Å². The van der Waals surface area contributed by atoms with Gasteiger partial charge in [0.05, 0.1) is 6.04 Å². The number of aromatic nitrogens is 1. The van der Waals surface area contributed by atoms with Crippen LogP contribution in [0, 0.1) is 0 Å². The van der Waals surface area contributed by atoms with E-state index < -0.39 is 0 Å². The van der Waals surface area contributed by atoms with Crippen LogP contribution in [0.25, 0.3) is 0 Å². The zero-order chi connectivity index (χ0) is 8.81. The molecule has 0 radical (unpaired) electrons. The molecule has 4 heteroatoms. The van der Waals surface area contributed by atoms with Crippen LogP contribution < -0.4 is 11.1 Å². The number of hydrogen-bond donors (Lipinski definition) is 2.